The molecule has 126 valence electrons. The number of rotatable bonds is 2. The zero-order valence-electron chi connectivity index (χ0n) is 12.2. The summed E-state index contributed by atoms with van der Waals surface area (Å²) in [6.45, 7) is 0. The molecule has 2 atom stereocenters. The summed E-state index contributed by atoms with van der Waals surface area (Å²) in [4.78, 5) is 12.6. The highest BCUT2D eigenvalue weighted by Gasteiger charge is 2.50. The summed E-state index contributed by atoms with van der Waals surface area (Å²) in [5, 5.41) is 10.7. The van der Waals surface area contributed by atoms with Gasteiger partial charge < -0.3 is 5.21 Å². The van der Waals surface area contributed by atoms with Crippen molar-refractivity contribution < 1.29 is 32.1 Å². The molecular weight excluding hydrogens is 328 g/mol. The quantitative estimate of drug-likeness (QED) is 0.674. The number of carbonyl (C=O) groups is 1. The molecule has 0 radical (unpaired) electrons. The minimum Gasteiger partial charge on any atom is -0.307 e. The molecule has 1 aliphatic rings. The van der Waals surface area contributed by atoms with E-state index in [2.05, 4.69) is 0 Å². The number of halogens is 4. The molecule has 0 bridgehead atoms. The minimum atomic E-state index is -4.54. The summed E-state index contributed by atoms with van der Waals surface area (Å²) in [5.41, 5.74) is 0.262. The predicted octanol–water partition coefficient (Wildman–Crippen LogP) is 3.19. The first kappa shape index (κ1) is 16.5. The van der Waals surface area contributed by atoms with E-state index in [9.17, 15) is 27.6 Å². The van der Waals surface area contributed by atoms with E-state index in [0.717, 1.165) is 16.7 Å². The van der Waals surface area contributed by atoms with Gasteiger partial charge in [-0.2, -0.15) is 17.7 Å². The molecule has 24 heavy (non-hydrogen) atoms. The number of nitrogens with zero attached hydrogens (tertiary/aromatic N) is 2. The molecule has 0 amide bonds. The van der Waals surface area contributed by atoms with E-state index in [0.29, 0.717) is 5.06 Å². The first-order chi connectivity index (χ1) is 11.3. The lowest BCUT2D eigenvalue weighted by Gasteiger charge is -2.33. The average molecular weight is 341 g/mol. The van der Waals surface area contributed by atoms with Crippen molar-refractivity contribution in [2.24, 2.45) is 0 Å². The maximum atomic E-state index is 13.1. The number of hydrogen-bond donors (Lipinski definition) is 1. The van der Waals surface area contributed by atoms with Crippen LogP contribution in [0.1, 0.15) is 34.7 Å². The third-order valence-electron chi connectivity index (χ3n) is 3.88. The van der Waals surface area contributed by atoms with Gasteiger partial charge in [-0.25, -0.2) is 4.39 Å². The van der Waals surface area contributed by atoms with E-state index in [1.54, 1.807) is 0 Å². The summed E-state index contributed by atoms with van der Waals surface area (Å²) in [6.07, 6.45) is -6.06. The number of hydrogen-bond acceptors (Lipinski definition) is 3. The molecule has 1 aliphatic heterocycles. The van der Waals surface area contributed by atoms with E-state index in [-0.39, 0.29) is 11.3 Å². The van der Waals surface area contributed by atoms with Gasteiger partial charge in [0.25, 0.3) is 11.5 Å². The molecule has 0 spiro atoms. The summed E-state index contributed by atoms with van der Waals surface area (Å²) in [5.74, 6) is -1.11. The Morgan fingerprint density at radius 1 is 1.12 bits per heavy atom. The highest BCUT2D eigenvalue weighted by atomic mass is 19.4. The molecule has 8 heteroatoms. The van der Waals surface area contributed by atoms with Gasteiger partial charge in [0.1, 0.15) is 18.3 Å². The number of fused-ring (bicyclic) bond motifs is 1. The standard InChI is InChI=1S/C16H13F4N2O2/c17-11-6-4-10(5-7-11)14-15(23)12-3-1-2-8-21(12)13(22(14)24)9-16(18,19)20/h1-8,13-14,24H,9H2/q+1. The van der Waals surface area contributed by atoms with Crippen LogP contribution >= 0.6 is 0 Å². The Kier molecular flexibility index (Phi) is 4.10. The van der Waals surface area contributed by atoms with Gasteiger partial charge in [-0.1, -0.05) is 12.1 Å². The van der Waals surface area contributed by atoms with E-state index in [1.807, 2.05) is 0 Å². The fourth-order valence-corrected chi connectivity index (χ4v) is 2.83. The lowest BCUT2D eigenvalue weighted by Crippen LogP contribution is -2.60. The Morgan fingerprint density at radius 2 is 1.79 bits per heavy atom. The lowest BCUT2D eigenvalue weighted by molar-refractivity contribution is -0.768. The fraction of sp³-hybridized carbons (Fsp3) is 0.250. The van der Waals surface area contributed by atoms with Crippen molar-refractivity contribution in [3.63, 3.8) is 0 Å². The number of benzene rings is 1. The normalized spacial score (nSPS) is 21.6. The molecule has 0 saturated carbocycles. The van der Waals surface area contributed by atoms with Crippen LogP contribution in [-0.2, 0) is 0 Å². The molecular formula is C16H13F4N2O2+. The Bertz CT molecular complexity index is 761. The minimum absolute atomic E-state index is 0.0476. The van der Waals surface area contributed by atoms with Crippen molar-refractivity contribution in [1.82, 2.24) is 5.06 Å². The van der Waals surface area contributed by atoms with Crippen LogP contribution in [0.4, 0.5) is 17.6 Å². The molecule has 1 aromatic carbocycles. The van der Waals surface area contributed by atoms with Crippen LogP contribution in [0, 0.1) is 5.82 Å². The molecule has 1 N–H and O–H groups in total. The predicted molar refractivity (Wildman–Crippen MR) is 73.4 cm³/mol. The average Bonchev–Trinajstić information content (AvgIpc) is 2.52. The zero-order valence-corrected chi connectivity index (χ0v) is 12.2. The van der Waals surface area contributed by atoms with Gasteiger partial charge in [-0.3, -0.25) is 4.79 Å². The van der Waals surface area contributed by atoms with Crippen LogP contribution in [0.3, 0.4) is 0 Å². The number of Topliss-reactive ketones (excluding diaryl/α,β-unsaturated/α-hetero) is 1. The van der Waals surface area contributed by atoms with Crippen molar-refractivity contribution in [3.8, 4) is 0 Å². The first-order valence-corrected chi connectivity index (χ1v) is 7.12. The Hall–Kier alpha value is -2.32. The van der Waals surface area contributed by atoms with Gasteiger partial charge in [0, 0.05) is 12.1 Å². The molecule has 1 aromatic heterocycles. The summed E-state index contributed by atoms with van der Waals surface area (Å²) >= 11 is 0. The molecule has 3 rings (SSSR count). The summed E-state index contributed by atoms with van der Waals surface area (Å²) in [6, 6.07) is 7.78. The SMILES string of the molecule is O=C1c2cccc[n+]2C(CC(F)(F)F)N(O)C1c1ccc(F)cc1. The van der Waals surface area contributed by atoms with Crippen LogP contribution in [0.5, 0.6) is 0 Å². The zero-order chi connectivity index (χ0) is 17.5. The van der Waals surface area contributed by atoms with Gasteiger partial charge in [-0.05, 0) is 23.8 Å². The number of ketones is 1. The van der Waals surface area contributed by atoms with Gasteiger partial charge in [0.05, 0.1) is 0 Å². The second-order valence-electron chi connectivity index (χ2n) is 5.49. The van der Waals surface area contributed by atoms with Gasteiger partial charge in [-0.15, -0.1) is 5.06 Å². The number of aromatic nitrogens is 1. The smallest absolute Gasteiger partial charge is 0.307 e. The van der Waals surface area contributed by atoms with E-state index in [1.165, 1.54) is 36.5 Å². The Morgan fingerprint density at radius 3 is 2.42 bits per heavy atom. The molecule has 0 saturated heterocycles. The summed E-state index contributed by atoms with van der Waals surface area (Å²) < 4.78 is 52.9. The van der Waals surface area contributed by atoms with Crippen molar-refractivity contribution >= 4 is 5.78 Å². The van der Waals surface area contributed by atoms with Crippen LogP contribution in [0.15, 0.2) is 48.7 Å². The van der Waals surface area contributed by atoms with E-state index < -0.39 is 36.4 Å². The second kappa shape index (κ2) is 5.95. The van der Waals surface area contributed by atoms with Crippen LogP contribution in [0.2, 0.25) is 0 Å². The number of carbonyl (C=O) groups excluding carboxylic acids is 1. The Balaban J connectivity index is 2.09. The largest absolute Gasteiger partial charge is 0.396 e. The van der Waals surface area contributed by atoms with Gasteiger partial charge >= 0.3 is 6.18 Å². The van der Waals surface area contributed by atoms with Crippen LogP contribution in [-0.4, -0.2) is 22.2 Å². The summed E-state index contributed by atoms with van der Waals surface area (Å²) in [7, 11) is 0. The van der Waals surface area contributed by atoms with Crippen LogP contribution in [0.25, 0.3) is 0 Å². The first-order valence-electron chi connectivity index (χ1n) is 7.12. The third-order valence-corrected chi connectivity index (χ3v) is 3.88. The van der Waals surface area contributed by atoms with Gasteiger partial charge in [0.2, 0.25) is 6.17 Å². The molecule has 0 fully saturated rings. The maximum Gasteiger partial charge on any atom is 0.396 e. The highest BCUT2D eigenvalue weighted by Crippen LogP contribution is 2.35. The molecule has 0 aliphatic carbocycles. The second-order valence-corrected chi connectivity index (χ2v) is 5.49. The number of pyridine rings is 1. The van der Waals surface area contributed by atoms with Crippen molar-refractivity contribution in [1.29, 1.82) is 0 Å². The molecule has 2 heterocycles. The molecule has 4 nitrogen and oxygen atoms in total. The van der Waals surface area contributed by atoms with Crippen molar-refractivity contribution in [2.45, 2.75) is 24.8 Å². The van der Waals surface area contributed by atoms with Crippen LogP contribution < -0.4 is 4.57 Å². The highest BCUT2D eigenvalue weighted by molar-refractivity contribution is 5.98. The third kappa shape index (κ3) is 3.02. The molecule has 2 unspecified atom stereocenters. The monoisotopic (exact) mass is 341 g/mol. The fourth-order valence-electron chi connectivity index (χ4n) is 2.83. The van der Waals surface area contributed by atoms with Gasteiger partial charge in [0.15, 0.2) is 6.20 Å². The molecule has 2 aromatic rings. The van der Waals surface area contributed by atoms with E-state index >= 15 is 0 Å². The number of alkyl halides is 3. The lowest BCUT2D eigenvalue weighted by atomic mass is 9.96. The van der Waals surface area contributed by atoms with Crippen molar-refractivity contribution in [2.75, 3.05) is 0 Å². The van der Waals surface area contributed by atoms with E-state index in [4.69, 9.17) is 0 Å². The number of hydroxylamine groups is 2. The van der Waals surface area contributed by atoms with Crippen molar-refractivity contribution in [3.05, 3.63) is 65.7 Å². The topological polar surface area (TPSA) is 44.4 Å². The Labute approximate surface area is 134 Å². The maximum absolute atomic E-state index is 13.1.